The van der Waals surface area contributed by atoms with Crippen molar-refractivity contribution >= 4 is 28.0 Å². The molecule has 1 aliphatic rings. The van der Waals surface area contributed by atoms with Crippen LogP contribution in [-0.2, 0) is 4.74 Å². The van der Waals surface area contributed by atoms with Crippen LogP contribution in [-0.4, -0.2) is 55.2 Å². The summed E-state index contributed by atoms with van der Waals surface area (Å²) in [5, 5.41) is 19.8. The fourth-order valence-corrected chi connectivity index (χ4v) is 3.21. The lowest BCUT2D eigenvalue weighted by molar-refractivity contribution is 0.0533. The number of methoxy groups -OCH3 is 1. The zero-order valence-corrected chi connectivity index (χ0v) is 12.1. The van der Waals surface area contributed by atoms with Gasteiger partial charge in [0.1, 0.15) is 15.6 Å². The van der Waals surface area contributed by atoms with Crippen LogP contribution in [0.3, 0.4) is 0 Å². The Morgan fingerprint density at radius 3 is 2.55 bits per heavy atom. The monoisotopic (exact) mass is 302 g/mol. The van der Waals surface area contributed by atoms with Crippen LogP contribution in [0.5, 0.6) is 5.75 Å². The molecule has 0 amide bonds. The first-order valence-corrected chi connectivity index (χ1v) is 7.05. The molecule has 1 fully saturated rings. The third-order valence-electron chi connectivity index (χ3n) is 3.09. The standard InChI is InChI=1S/C12H18N2O5S/c1-3-19-12(17)10-8(13)9(18-2)11(20-10)14-4-6(15)7(16)5-14/h6-7,15-16H,3-5,13H2,1-2H3. The zero-order valence-electron chi connectivity index (χ0n) is 11.3. The topological polar surface area (TPSA) is 105 Å². The van der Waals surface area contributed by atoms with Crippen LogP contribution in [0.15, 0.2) is 0 Å². The summed E-state index contributed by atoms with van der Waals surface area (Å²) in [7, 11) is 1.46. The Bertz CT molecular complexity index is 494. The second-order valence-electron chi connectivity index (χ2n) is 4.44. The van der Waals surface area contributed by atoms with Gasteiger partial charge in [-0.15, -0.1) is 11.3 Å². The van der Waals surface area contributed by atoms with E-state index in [2.05, 4.69) is 0 Å². The van der Waals surface area contributed by atoms with E-state index in [0.717, 1.165) is 11.3 Å². The van der Waals surface area contributed by atoms with Gasteiger partial charge in [-0.2, -0.15) is 0 Å². The van der Waals surface area contributed by atoms with Crippen molar-refractivity contribution in [2.75, 3.05) is 37.4 Å². The molecule has 0 saturated carbocycles. The van der Waals surface area contributed by atoms with Gasteiger partial charge in [0.05, 0.1) is 25.9 Å². The first-order valence-electron chi connectivity index (χ1n) is 6.24. The molecule has 7 nitrogen and oxygen atoms in total. The number of anilines is 2. The van der Waals surface area contributed by atoms with E-state index in [1.165, 1.54) is 7.11 Å². The van der Waals surface area contributed by atoms with E-state index < -0.39 is 18.2 Å². The molecule has 2 heterocycles. The van der Waals surface area contributed by atoms with Crippen molar-refractivity contribution in [1.82, 2.24) is 0 Å². The molecule has 2 rings (SSSR count). The fraction of sp³-hybridized carbons (Fsp3) is 0.583. The molecule has 0 spiro atoms. The molecule has 1 aromatic rings. The van der Waals surface area contributed by atoms with Crippen LogP contribution in [0, 0.1) is 0 Å². The van der Waals surface area contributed by atoms with Gasteiger partial charge in [0.25, 0.3) is 0 Å². The van der Waals surface area contributed by atoms with E-state index in [0.29, 0.717) is 10.8 Å². The highest BCUT2D eigenvalue weighted by Gasteiger charge is 2.34. The Hall–Kier alpha value is -1.51. The number of nitrogens with zero attached hydrogens (tertiary/aromatic N) is 1. The molecule has 112 valence electrons. The highest BCUT2D eigenvalue weighted by atomic mass is 32.1. The normalized spacial score (nSPS) is 22.1. The molecular weight excluding hydrogens is 284 g/mol. The molecule has 2 atom stereocenters. The van der Waals surface area contributed by atoms with E-state index in [1.54, 1.807) is 11.8 Å². The molecule has 0 aromatic carbocycles. The van der Waals surface area contributed by atoms with Crippen molar-refractivity contribution in [1.29, 1.82) is 0 Å². The number of aliphatic hydroxyl groups is 2. The Kier molecular flexibility index (Phi) is 4.36. The van der Waals surface area contributed by atoms with Gasteiger partial charge in [0.15, 0.2) is 5.75 Å². The molecule has 1 aliphatic heterocycles. The second-order valence-corrected chi connectivity index (χ2v) is 5.44. The summed E-state index contributed by atoms with van der Waals surface area (Å²) in [6, 6.07) is 0. The Balaban J connectivity index is 2.34. The molecule has 1 saturated heterocycles. The number of rotatable bonds is 4. The number of esters is 1. The number of thiophene rings is 1. The average molecular weight is 302 g/mol. The van der Waals surface area contributed by atoms with Crippen LogP contribution < -0.4 is 15.4 Å². The van der Waals surface area contributed by atoms with Crippen LogP contribution in [0.4, 0.5) is 10.7 Å². The van der Waals surface area contributed by atoms with E-state index >= 15 is 0 Å². The van der Waals surface area contributed by atoms with Crippen molar-refractivity contribution in [2.24, 2.45) is 0 Å². The first-order chi connectivity index (χ1) is 9.49. The molecule has 2 unspecified atom stereocenters. The number of carbonyl (C=O) groups is 1. The third-order valence-corrected chi connectivity index (χ3v) is 4.32. The average Bonchev–Trinajstić information content (AvgIpc) is 2.90. The number of nitrogen functional groups attached to an aromatic ring is 1. The maximum Gasteiger partial charge on any atom is 0.350 e. The van der Waals surface area contributed by atoms with Crippen molar-refractivity contribution in [3.8, 4) is 5.75 Å². The summed E-state index contributed by atoms with van der Waals surface area (Å²) in [5.74, 6) is -0.126. The largest absolute Gasteiger partial charge is 0.492 e. The molecule has 20 heavy (non-hydrogen) atoms. The molecule has 0 radical (unpaired) electrons. The van der Waals surface area contributed by atoms with Gasteiger partial charge < -0.3 is 30.3 Å². The lowest BCUT2D eigenvalue weighted by atomic mass is 10.3. The number of hydrogen-bond acceptors (Lipinski definition) is 8. The maximum atomic E-state index is 11.8. The van der Waals surface area contributed by atoms with Crippen molar-refractivity contribution in [3.63, 3.8) is 0 Å². The summed E-state index contributed by atoms with van der Waals surface area (Å²) in [6.07, 6.45) is -1.65. The van der Waals surface area contributed by atoms with Crippen molar-refractivity contribution in [2.45, 2.75) is 19.1 Å². The number of nitrogens with two attached hydrogens (primary N) is 1. The van der Waals surface area contributed by atoms with E-state index in [4.69, 9.17) is 15.2 Å². The predicted molar refractivity (Wildman–Crippen MR) is 75.5 cm³/mol. The van der Waals surface area contributed by atoms with Gasteiger partial charge in [-0.25, -0.2) is 4.79 Å². The van der Waals surface area contributed by atoms with Crippen LogP contribution in [0.25, 0.3) is 0 Å². The van der Waals surface area contributed by atoms with E-state index in [9.17, 15) is 15.0 Å². The lowest BCUT2D eigenvalue weighted by Gasteiger charge is -2.16. The van der Waals surface area contributed by atoms with Crippen LogP contribution in [0.2, 0.25) is 0 Å². The molecule has 4 N–H and O–H groups in total. The fourth-order valence-electron chi connectivity index (χ4n) is 2.11. The summed E-state index contributed by atoms with van der Waals surface area (Å²) in [6.45, 7) is 2.50. The van der Waals surface area contributed by atoms with Gasteiger partial charge in [-0.05, 0) is 6.92 Å². The van der Waals surface area contributed by atoms with Gasteiger partial charge in [0, 0.05) is 13.1 Å². The van der Waals surface area contributed by atoms with Gasteiger partial charge >= 0.3 is 5.97 Å². The minimum absolute atomic E-state index is 0.224. The number of aliphatic hydroxyl groups excluding tert-OH is 2. The maximum absolute atomic E-state index is 11.8. The third kappa shape index (κ3) is 2.54. The Morgan fingerprint density at radius 1 is 1.45 bits per heavy atom. The highest BCUT2D eigenvalue weighted by molar-refractivity contribution is 7.19. The van der Waals surface area contributed by atoms with Gasteiger partial charge in [-0.1, -0.05) is 0 Å². The number of hydrogen-bond donors (Lipinski definition) is 3. The van der Waals surface area contributed by atoms with Crippen LogP contribution in [0.1, 0.15) is 16.6 Å². The van der Waals surface area contributed by atoms with Gasteiger partial charge in [-0.3, -0.25) is 0 Å². The number of β-amino-alcohol motifs (C(OH)–C–C–N with tert-alkyl or cyclic N) is 2. The number of carbonyl (C=O) groups excluding carboxylic acids is 1. The summed E-state index contributed by atoms with van der Waals surface area (Å²) in [4.78, 5) is 13.8. The zero-order chi connectivity index (χ0) is 14.9. The summed E-state index contributed by atoms with van der Waals surface area (Å²) in [5.41, 5.74) is 6.14. The highest BCUT2D eigenvalue weighted by Crippen LogP contribution is 2.45. The van der Waals surface area contributed by atoms with Crippen molar-refractivity contribution < 1.29 is 24.5 Å². The van der Waals surface area contributed by atoms with Gasteiger partial charge in [0.2, 0.25) is 0 Å². The Labute approximate surface area is 120 Å². The SMILES string of the molecule is CCOC(=O)c1sc(N2CC(O)C(O)C2)c(OC)c1N. The van der Waals surface area contributed by atoms with E-state index in [-0.39, 0.29) is 30.3 Å². The molecule has 0 bridgehead atoms. The quantitative estimate of drug-likeness (QED) is 0.675. The lowest BCUT2D eigenvalue weighted by Crippen LogP contribution is -2.22. The first kappa shape index (κ1) is 14.9. The molecule has 8 heteroatoms. The summed E-state index contributed by atoms with van der Waals surface area (Å²) >= 11 is 1.14. The number of ether oxygens (including phenoxy) is 2. The second kappa shape index (κ2) is 5.86. The molecule has 1 aromatic heterocycles. The van der Waals surface area contributed by atoms with Crippen LogP contribution >= 0.6 is 11.3 Å². The predicted octanol–water partition coefficient (Wildman–Crippen LogP) is 0.0574. The Morgan fingerprint density at radius 2 is 2.05 bits per heavy atom. The minimum atomic E-state index is -0.825. The summed E-state index contributed by atoms with van der Waals surface area (Å²) < 4.78 is 10.2. The van der Waals surface area contributed by atoms with E-state index in [1.807, 2.05) is 0 Å². The molecule has 0 aliphatic carbocycles. The molecular formula is C12H18N2O5S. The minimum Gasteiger partial charge on any atom is -0.492 e. The van der Waals surface area contributed by atoms with Crippen molar-refractivity contribution in [3.05, 3.63) is 4.88 Å². The smallest absolute Gasteiger partial charge is 0.350 e.